The number of rotatable bonds is 1. The summed E-state index contributed by atoms with van der Waals surface area (Å²) >= 11 is 9.38. The van der Waals surface area contributed by atoms with Crippen LogP contribution < -0.4 is 10.6 Å². The minimum Gasteiger partial charge on any atom is -0.506 e. The fourth-order valence-electron chi connectivity index (χ4n) is 1.75. The molecule has 0 aromatic heterocycles. The molecule has 1 atom stereocenters. The molecule has 1 saturated heterocycles. The Labute approximate surface area is 102 Å². The number of halogens is 2. The van der Waals surface area contributed by atoms with Gasteiger partial charge in [-0.25, -0.2) is 0 Å². The summed E-state index contributed by atoms with van der Waals surface area (Å²) in [6.07, 6.45) is 0. The van der Waals surface area contributed by atoms with Crippen molar-refractivity contribution in [3.8, 4) is 5.75 Å². The fourth-order valence-corrected chi connectivity index (χ4v) is 2.38. The SMILES string of the molecule is Oc1c(Br)ccc(Cl)c1[C@@H]1CNCCN1. The number of phenolic OH excluding ortho intramolecular Hbond substituents is 1. The largest absolute Gasteiger partial charge is 0.506 e. The van der Waals surface area contributed by atoms with E-state index in [0.29, 0.717) is 9.50 Å². The molecule has 1 aliphatic rings. The summed E-state index contributed by atoms with van der Waals surface area (Å²) in [4.78, 5) is 0. The average molecular weight is 292 g/mol. The average Bonchev–Trinajstić information content (AvgIpc) is 2.26. The molecule has 1 aromatic rings. The van der Waals surface area contributed by atoms with Crippen LogP contribution in [0, 0.1) is 0 Å². The van der Waals surface area contributed by atoms with Gasteiger partial charge in [-0.1, -0.05) is 11.6 Å². The lowest BCUT2D eigenvalue weighted by Crippen LogP contribution is -2.42. The van der Waals surface area contributed by atoms with E-state index >= 15 is 0 Å². The van der Waals surface area contributed by atoms with Crippen LogP contribution in [-0.2, 0) is 0 Å². The van der Waals surface area contributed by atoms with Crippen LogP contribution in [0.2, 0.25) is 5.02 Å². The molecule has 0 spiro atoms. The first kappa shape index (κ1) is 11.2. The quantitative estimate of drug-likeness (QED) is 0.742. The normalized spacial score (nSPS) is 21.6. The van der Waals surface area contributed by atoms with Crippen molar-refractivity contribution in [2.45, 2.75) is 6.04 Å². The first-order valence-corrected chi connectivity index (χ1v) is 5.98. The third-order valence-electron chi connectivity index (χ3n) is 2.50. The fraction of sp³-hybridized carbons (Fsp3) is 0.400. The molecular formula is C10H12BrClN2O. The first-order chi connectivity index (χ1) is 7.20. The Morgan fingerprint density at radius 2 is 2.20 bits per heavy atom. The van der Waals surface area contributed by atoms with Gasteiger partial charge in [-0.3, -0.25) is 0 Å². The van der Waals surface area contributed by atoms with Gasteiger partial charge in [0.15, 0.2) is 0 Å². The molecule has 1 aromatic carbocycles. The van der Waals surface area contributed by atoms with E-state index in [9.17, 15) is 5.11 Å². The van der Waals surface area contributed by atoms with E-state index in [2.05, 4.69) is 26.6 Å². The minimum atomic E-state index is 0.0729. The van der Waals surface area contributed by atoms with Crippen LogP contribution in [0.1, 0.15) is 11.6 Å². The zero-order valence-corrected chi connectivity index (χ0v) is 10.4. The Morgan fingerprint density at radius 3 is 2.87 bits per heavy atom. The number of nitrogens with one attached hydrogen (secondary N) is 2. The summed E-state index contributed by atoms with van der Waals surface area (Å²) in [5.41, 5.74) is 0.762. The number of hydrogen-bond acceptors (Lipinski definition) is 3. The van der Waals surface area contributed by atoms with Gasteiger partial charge in [0.25, 0.3) is 0 Å². The van der Waals surface area contributed by atoms with Gasteiger partial charge in [-0.05, 0) is 28.1 Å². The minimum absolute atomic E-state index is 0.0729. The summed E-state index contributed by atoms with van der Waals surface area (Å²) in [6.45, 7) is 2.61. The molecule has 5 heteroatoms. The third-order valence-corrected chi connectivity index (χ3v) is 3.47. The van der Waals surface area contributed by atoms with Crippen molar-refractivity contribution in [1.82, 2.24) is 10.6 Å². The molecule has 1 heterocycles. The lowest BCUT2D eigenvalue weighted by molar-refractivity contribution is 0.403. The van der Waals surface area contributed by atoms with Gasteiger partial charge < -0.3 is 15.7 Å². The smallest absolute Gasteiger partial charge is 0.136 e. The van der Waals surface area contributed by atoms with E-state index in [1.54, 1.807) is 12.1 Å². The Bertz CT molecular complexity index is 367. The Hall–Kier alpha value is -0.290. The van der Waals surface area contributed by atoms with Crippen LogP contribution in [0.4, 0.5) is 0 Å². The van der Waals surface area contributed by atoms with Gasteiger partial charge in [-0.15, -0.1) is 0 Å². The molecule has 1 fully saturated rings. The maximum atomic E-state index is 9.93. The van der Waals surface area contributed by atoms with Crippen LogP contribution in [0.25, 0.3) is 0 Å². The molecule has 2 rings (SSSR count). The summed E-state index contributed by atoms with van der Waals surface area (Å²) in [5.74, 6) is 0.226. The number of hydrogen-bond donors (Lipinski definition) is 3. The highest BCUT2D eigenvalue weighted by atomic mass is 79.9. The van der Waals surface area contributed by atoms with E-state index in [1.165, 1.54) is 0 Å². The Kier molecular flexibility index (Phi) is 3.51. The highest BCUT2D eigenvalue weighted by molar-refractivity contribution is 9.10. The van der Waals surface area contributed by atoms with Gasteiger partial charge >= 0.3 is 0 Å². The third kappa shape index (κ3) is 2.28. The molecule has 0 unspecified atom stereocenters. The van der Waals surface area contributed by atoms with Crippen LogP contribution in [-0.4, -0.2) is 24.7 Å². The Balaban J connectivity index is 2.36. The van der Waals surface area contributed by atoms with Crippen molar-refractivity contribution in [2.24, 2.45) is 0 Å². The van der Waals surface area contributed by atoms with Crippen molar-refractivity contribution >= 4 is 27.5 Å². The second-order valence-corrected chi connectivity index (χ2v) is 4.76. The molecule has 0 radical (unpaired) electrons. The zero-order valence-electron chi connectivity index (χ0n) is 8.06. The van der Waals surface area contributed by atoms with E-state index in [1.807, 2.05) is 0 Å². The van der Waals surface area contributed by atoms with Crippen LogP contribution in [0.5, 0.6) is 5.75 Å². The molecule has 15 heavy (non-hydrogen) atoms. The second kappa shape index (κ2) is 4.70. The number of benzene rings is 1. The van der Waals surface area contributed by atoms with Crippen molar-refractivity contribution in [2.75, 3.05) is 19.6 Å². The number of piperazine rings is 1. The van der Waals surface area contributed by atoms with E-state index in [4.69, 9.17) is 11.6 Å². The van der Waals surface area contributed by atoms with E-state index < -0.39 is 0 Å². The highest BCUT2D eigenvalue weighted by Gasteiger charge is 2.21. The summed E-state index contributed by atoms with van der Waals surface area (Å²) in [7, 11) is 0. The topological polar surface area (TPSA) is 44.3 Å². The number of aromatic hydroxyl groups is 1. The molecule has 3 nitrogen and oxygen atoms in total. The maximum Gasteiger partial charge on any atom is 0.136 e. The monoisotopic (exact) mass is 290 g/mol. The molecule has 0 bridgehead atoms. The standard InChI is InChI=1S/C10H12BrClN2O/c11-6-1-2-7(12)9(10(6)15)8-5-13-3-4-14-8/h1-2,8,13-15H,3-5H2/t8-/m0/s1. The molecule has 82 valence electrons. The summed E-state index contributed by atoms with van der Waals surface area (Å²) < 4.78 is 0.675. The van der Waals surface area contributed by atoms with Crippen molar-refractivity contribution in [3.05, 3.63) is 27.2 Å². The van der Waals surface area contributed by atoms with Crippen molar-refractivity contribution < 1.29 is 5.11 Å². The zero-order chi connectivity index (χ0) is 10.8. The lowest BCUT2D eigenvalue weighted by atomic mass is 10.0. The van der Waals surface area contributed by atoms with Gasteiger partial charge in [0.05, 0.1) is 4.47 Å². The molecular weight excluding hydrogens is 279 g/mol. The van der Waals surface area contributed by atoms with Crippen molar-refractivity contribution in [3.63, 3.8) is 0 Å². The molecule has 3 N–H and O–H groups in total. The summed E-state index contributed by atoms with van der Waals surface area (Å²) in [6, 6.07) is 3.61. The van der Waals surface area contributed by atoms with Crippen LogP contribution in [0.3, 0.4) is 0 Å². The molecule has 1 aliphatic heterocycles. The first-order valence-electron chi connectivity index (χ1n) is 4.81. The van der Waals surface area contributed by atoms with Gasteiger partial charge in [-0.2, -0.15) is 0 Å². The van der Waals surface area contributed by atoms with Crippen LogP contribution in [0.15, 0.2) is 16.6 Å². The van der Waals surface area contributed by atoms with Gasteiger partial charge in [0, 0.05) is 36.3 Å². The Morgan fingerprint density at radius 1 is 1.40 bits per heavy atom. The second-order valence-electron chi connectivity index (χ2n) is 3.50. The van der Waals surface area contributed by atoms with Crippen molar-refractivity contribution in [1.29, 1.82) is 0 Å². The maximum absolute atomic E-state index is 9.93. The highest BCUT2D eigenvalue weighted by Crippen LogP contribution is 2.37. The predicted octanol–water partition coefficient (Wildman–Crippen LogP) is 2.04. The number of phenols is 1. The lowest BCUT2D eigenvalue weighted by Gasteiger charge is -2.26. The molecule has 0 aliphatic carbocycles. The van der Waals surface area contributed by atoms with Gasteiger partial charge in [0.2, 0.25) is 0 Å². The molecule has 0 saturated carbocycles. The molecule has 0 amide bonds. The van der Waals surface area contributed by atoms with E-state index in [-0.39, 0.29) is 11.8 Å². The van der Waals surface area contributed by atoms with Gasteiger partial charge in [0.1, 0.15) is 5.75 Å². The summed E-state index contributed by atoms with van der Waals surface area (Å²) in [5, 5.41) is 17.1. The van der Waals surface area contributed by atoms with E-state index in [0.717, 1.165) is 25.2 Å². The van der Waals surface area contributed by atoms with Crippen LogP contribution >= 0.6 is 27.5 Å². The predicted molar refractivity (Wildman–Crippen MR) is 64.4 cm³/mol.